The van der Waals surface area contributed by atoms with E-state index in [1.807, 2.05) is 19.0 Å². The van der Waals surface area contributed by atoms with E-state index in [1.165, 1.54) is 19.1 Å². The number of primary amides is 2. The van der Waals surface area contributed by atoms with Gasteiger partial charge in [0.1, 0.15) is 66.2 Å². The van der Waals surface area contributed by atoms with E-state index >= 15 is 0 Å². The van der Waals surface area contributed by atoms with Crippen molar-refractivity contribution in [1.82, 2.24) is 63.4 Å². The van der Waals surface area contributed by atoms with E-state index in [0.717, 1.165) is 0 Å². The summed E-state index contributed by atoms with van der Waals surface area (Å²) in [5, 5.41) is 38.3. The highest BCUT2D eigenvalue weighted by atomic mass is 16.3. The van der Waals surface area contributed by atoms with Gasteiger partial charge in [-0.2, -0.15) is 0 Å². The van der Waals surface area contributed by atoms with Crippen molar-refractivity contribution in [3.05, 3.63) is 29.8 Å². The molecule has 47 heteroatoms. The molecule has 42 N–H and O–H groups in total. The minimum Gasteiger partial charge on any atom is -0.508 e. The Morgan fingerprint density at radius 1 is 0.348 bits per heavy atom. The molecular weight excluding hydrogens is 1500 g/mol. The van der Waals surface area contributed by atoms with E-state index in [4.69, 9.17) is 86.0 Å². The molecule has 47 nitrogen and oxygen atoms in total. The fraction of sp³-hybridized carbons (Fsp3) is 0.632. The normalized spacial score (nSPS) is 13.4. The van der Waals surface area contributed by atoms with Crippen molar-refractivity contribution in [2.75, 3.05) is 73.0 Å². The zero-order valence-electron chi connectivity index (χ0n) is 65.8. The van der Waals surface area contributed by atoms with E-state index in [2.05, 4.69) is 88.4 Å². The molecule has 0 spiro atoms. The van der Waals surface area contributed by atoms with Gasteiger partial charge in [-0.3, -0.25) is 92.3 Å². The number of nitrogens with zero attached hydrogens (tertiary/aromatic N) is 7. The van der Waals surface area contributed by atoms with E-state index < -0.39 is 157 Å². The van der Waals surface area contributed by atoms with Crippen molar-refractivity contribution in [3.8, 4) is 5.75 Å². The number of carbonyl (C=O) groups is 13. The van der Waals surface area contributed by atoms with Crippen molar-refractivity contribution >= 4 is 113 Å². The maximum Gasteiger partial charge on any atom is 0.243 e. The van der Waals surface area contributed by atoms with Gasteiger partial charge in [0.15, 0.2) is 35.8 Å². The summed E-state index contributed by atoms with van der Waals surface area (Å²) in [5.41, 5.74) is 84.3. The molecule has 0 unspecified atom stereocenters. The van der Waals surface area contributed by atoms with E-state index in [9.17, 15) is 67.4 Å². The molecule has 0 aliphatic heterocycles. The maximum absolute atomic E-state index is 15.0. The molecule has 10 atom stereocenters. The number of guanidine groups is 6. The van der Waals surface area contributed by atoms with E-state index in [0.29, 0.717) is 31.4 Å². The summed E-state index contributed by atoms with van der Waals surface area (Å²) in [5.74, 6) is -13.4. The second-order valence-electron chi connectivity index (χ2n) is 27.1. The Bertz CT molecular complexity index is 3460. The van der Waals surface area contributed by atoms with Gasteiger partial charge in [-0.15, -0.1) is 0 Å². The van der Waals surface area contributed by atoms with Gasteiger partial charge in [-0.05, 0) is 167 Å². The molecule has 1 aromatic carbocycles. The van der Waals surface area contributed by atoms with Gasteiger partial charge in [0.2, 0.25) is 76.8 Å². The van der Waals surface area contributed by atoms with Gasteiger partial charge in [0.05, 0.1) is 6.54 Å². The van der Waals surface area contributed by atoms with Crippen LogP contribution in [0, 0.1) is 0 Å². The summed E-state index contributed by atoms with van der Waals surface area (Å²) in [4.78, 5) is 207. The average Bonchev–Trinajstić information content (AvgIpc) is 0.871. The van der Waals surface area contributed by atoms with Crippen LogP contribution in [0.4, 0.5) is 0 Å². The third kappa shape index (κ3) is 47.6. The van der Waals surface area contributed by atoms with Crippen LogP contribution in [0.1, 0.15) is 141 Å². The molecule has 0 aliphatic rings. The number of nitrogens with one attached hydrogen (secondary N) is 11. The number of hydrogen-bond donors (Lipinski definition) is 27. The Morgan fingerprint density at radius 3 is 0.904 bits per heavy atom. The van der Waals surface area contributed by atoms with Gasteiger partial charge in [-0.25, -0.2) is 0 Å². The summed E-state index contributed by atoms with van der Waals surface area (Å²) < 4.78 is 0. The lowest BCUT2D eigenvalue weighted by Gasteiger charge is -2.28. The van der Waals surface area contributed by atoms with Gasteiger partial charge < -0.3 is 154 Å². The Labute approximate surface area is 667 Å². The molecule has 0 saturated carbocycles. The number of phenolic OH excluding ortho intramolecular Hbond substituents is 1. The number of unbranched alkanes of at least 4 members (excludes halogenated alkanes) is 2. The standard InChI is InChI=1S/C68H125N33O14/c1-38(102)91-50(36-39-22-24-40(103)25-23-39)54(107)90-37-52(105)92-42(17-9-30-85-64(74)75)55(108)94-43(14-4-6-28-69)57(110)95-44(15-5-7-35-101(2)3)58(111)97-46(19-11-32-87-66(78)79)59(112)98-48(21-13-34-89-68(82)83)61(114)100-49(26-27-51(70)104)62(115)99-47(20-12-33-88-67(80)81)60(113)96-45(18-10-31-86-65(76)77)56(109)93-41(53(71)106)16-8-29-84-63(72)73/h22-25,41-50,103H,4-21,26-37,69H2,1-3H3,(H2,70,104)(H2,71,106)(H,90,107)(H,91,102)(H,92,105)(H,93,109)(H,94,108)(H,95,110)(H,96,113)(H,97,111)(H,98,112)(H,99,115)(H,100,114)(H4,72,73,84)(H4,74,75,85)(H4,76,77,86)(H4,78,79,87)(H4,80,81,88)(H4,82,83,89)/t41-,42-,43-,44-,45-,46-,47-,48-,49-,50-/m0/s1. The van der Waals surface area contributed by atoms with Crippen LogP contribution in [0.15, 0.2) is 54.2 Å². The van der Waals surface area contributed by atoms with Crippen molar-refractivity contribution in [2.24, 2.45) is 116 Å². The SMILES string of the molecule is CC(=O)N[C@@H](Cc1ccc(O)cc1)C(=O)NCC(=O)N[C@@H](CCCN=C(N)N)C(=O)N[C@@H](CCCCN)C(=O)N[C@@H](CCCCN(C)C)C(=O)N[C@@H](CCCN=C(N)N)C(=O)N[C@@H](CCCN=C(N)N)C(=O)N[C@@H](CCC(N)=O)C(=O)N[C@@H](CCCN=C(N)N)C(=O)N[C@@H](CCCN=C(N)N)C(=O)N[C@@H](CCCN=C(N)N)C(N)=O. The first-order valence-electron chi connectivity index (χ1n) is 37.6. The molecule has 0 aliphatic carbocycles. The molecule has 0 heterocycles. The summed E-state index contributed by atoms with van der Waals surface area (Å²) >= 11 is 0. The van der Waals surface area contributed by atoms with E-state index in [-0.39, 0.29) is 190 Å². The van der Waals surface area contributed by atoms with Gasteiger partial charge in [0, 0.05) is 59.0 Å². The van der Waals surface area contributed by atoms with Crippen LogP contribution < -0.4 is 144 Å². The maximum atomic E-state index is 15.0. The molecule has 0 aromatic heterocycles. The Balaban J connectivity index is 3.98. The number of rotatable bonds is 60. The highest BCUT2D eigenvalue weighted by molar-refractivity contribution is 5.99. The van der Waals surface area contributed by atoms with Gasteiger partial charge in [0.25, 0.3) is 0 Å². The molecule has 646 valence electrons. The van der Waals surface area contributed by atoms with E-state index in [1.54, 1.807) is 12.1 Å². The van der Waals surface area contributed by atoms with Gasteiger partial charge in [-0.1, -0.05) is 12.1 Å². The molecular formula is C68H125N33O14. The number of aromatic hydroxyl groups is 1. The molecule has 1 aromatic rings. The first-order valence-corrected chi connectivity index (χ1v) is 37.6. The lowest BCUT2D eigenvalue weighted by Crippen LogP contribution is -2.60. The first-order chi connectivity index (χ1) is 54.3. The van der Waals surface area contributed by atoms with Crippen LogP contribution in [0.2, 0.25) is 0 Å². The largest absolute Gasteiger partial charge is 0.508 e. The molecule has 13 amide bonds. The highest BCUT2D eigenvalue weighted by Gasteiger charge is 2.36. The van der Waals surface area contributed by atoms with Crippen LogP contribution >= 0.6 is 0 Å². The fourth-order valence-corrected chi connectivity index (χ4v) is 11.1. The summed E-state index contributed by atoms with van der Waals surface area (Å²) in [7, 11) is 3.65. The lowest BCUT2D eigenvalue weighted by molar-refractivity contribution is -0.136. The van der Waals surface area contributed by atoms with Crippen molar-refractivity contribution < 1.29 is 67.4 Å². The minimum absolute atomic E-state index is 0.00219. The van der Waals surface area contributed by atoms with Crippen LogP contribution in [0.25, 0.3) is 0 Å². The monoisotopic (exact) mass is 1630 g/mol. The quantitative estimate of drug-likeness (QED) is 0.0164. The third-order valence-corrected chi connectivity index (χ3v) is 16.9. The molecule has 0 saturated heterocycles. The topological polar surface area (TPSA) is 842 Å². The van der Waals surface area contributed by atoms with Gasteiger partial charge >= 0.3 is 0 Å². The van der Waals surface area contributed by atoms with Crippen LogP contribution in [-0.2, 0) is 68.7 Å². The number of nitrogens with two attached hydrogens (primary N) is 15. The second kappa shape index (κ2) is 56.8. The Kier molecular flexibility index (Phi) is 49.7. The first kappa shape index (κ1) is 101. The highest BCUT2D eigenvalue weighted by Crippen LogP contribution is 2.15. The summed E-state index contributed by atoms with van der Waals surface area (Å²) in [6, 6.07) is -8.75. The van der Waals surface area contributed by atoms with Crippen molar-refractivity contribution in [3.63, 3.8) is 0 Å². The summed E-state index contributed by atoms with van der Waals surface area (Å²) in [6.45, 7) is 1.02. The zero-order valence-corrected chi connectivity index (χ0v) is 65.8. The lowest BCUT2D eigenvalue weighted by atomic mass is 10.0. The Hall–Kier alpha value is -12.3. The molecule has 0 fully saturated rings. The molecule has 0 bridgehead atoms. The number of amides is 13. The number of carbonyl (C=O) groups excluding carboxylic acids is 13. The predicted octanol–water partition coefficient (Wildman–Crippen LogP) is -11.1. The van der Waals surface area contributed by atoms with Crippen LogP contribution in [0.5, 0.6) is 5.75 Å². The second-order valence-corrected chi connectivity index (χ2v) is 27.1. The summed E-state index contributed by atoms with van der Waals surface area (Å²) in [6.07, 6.45) is -0.382. The predicted molar refractivity (Wildman–Crippen MR) is 432 cm³/mol. The molecule has 115 heavy (non-hydrogen) atoms. The minimum atomic E-state index is -1.73. The molecule has 0 radical (unpaired) electrons. The van der Waals surface area contributed by atoms with Crippen molar-refractivity contribution in [2.45, 2.75) is 202 Å². The zero-order chi connectivity index (χ0) is 86.5. The van der Waals surface area contributed by atoms with Crippen LogP contribution in [-0.4, -0.2) is 256 Å². The van der Waals surface area contributed by atoms with Crippen molar-refractivity contribution in [1.29, 1.82) is 0 Å². The van der Waals surface area contributed by atoms with Crippen LogP contribution in [0.3, 0.4) is 0 Å². The average molecular weight is 1630 g/mol. The molecule has 1 rings (SSSR count). The number of benzene rings is 1. The Morgan fingerprint density at radius 2 is 0.626 bits per heavy atom. The fourth-order valence-electron chi connectivity index (χ4n) is 11.1. The number of phenols is 1. The number of aliphatic imine (C=N–C) groups is 6. The number of hydrogen-bond acceptors (Lipinski definition) is 22. The third-order valence-electron chi connectivity index (χ3n) is 16.9. The smallest absolute Gasteiger partial charge is 0.243 e.